The Bertz CT molecular complexity index is 855. The minimum Gasteiger partial charge on any atom is -0.497 e. The standard InChI is InChI=1S/C23H27NO5/c1-27-19-10-11-21(28-2)20(12-19)23(26)13-17-8-9-18(14-23)24(17)22(25)29-15-16-6-4-3-5-7-16/h3-7,10-12,17-18,26H,8-9,13-15H2,1-2H3. The molecule has 2 aliphatic rings. The Morgan fingerprint density at radius 1 is 1.07 bits per heavy atom. The van der Waals surface area contributed by atoms with Gasteiger partial charge in [-0.05, 0) is 36.6 Å². The number of aliphatic hydroxyl groups is 1. The second-order valence-electron chi connectivity index (χ2n) is 7.84. The highest BCUT2D eigenvalue weighted by Crippen LogP contribution is 2.48. The normalized spacial score (nSPS) is 25.6. The van der Waals surface area contributed by atoms with Crippen molar-refractivity contribution in [2.45, 2.75) is 50.0 Å². The summed E-state index contributed by atoms with van der Waals surface area (Å²) < 4.78 is 16.4. The maximum atomic E-state index is 12.8. The molecule has 2 unspecified atom stereocenters. The van der Waals surface area contributed by atoms with Gasteiger partial charge in [0.05, 0.1) is 19.8 Å². The van der Waals surface area contributed by atoms with E-state index in [1.165, 1.54) is 0 Å². The Morgan fingerprint density at radius 2 is 1.76 bits per heavy atom. The van der Waals surface area contributed by atoms with E-state index in [0.717, 1.165) is 18.4 Å². The molecule has 2 atom stereocenters. The van der Waals surface area contributed by atoms with Crippen molar-refractivity contribution in [2.75, 3.05) is 14.2 Å². The molecular weight excluding hydrogens is 370 g/mol. The Kier molecular flexibility index (Phi) is 5.37. The zero-order chi connectivity index (χ0) is 20.4. The maximum absolute atomic E-state index is 12.8. The van der Waals surface area contributed by atoms with E-state index in [1.54, 1.807) is 14.2 Å². The van der Waals surface area contributed by atoms with Gasteiger partial charge in [0.25, 0.3) is 0 Å². The Morgan fingerprint density at radius 3 is 2.38 bits per heavy atom. The van der Waals surface area contributed by atoms with Gasteiger partial charge in [0.2, 0.25) is 0 Å². The minimum atomic E-state index is -1.07. The van der Waals surface area contributed by atoms with Crippen molar-refractivity contribution in [3.05, 3.63) is 59.7 Å². The van der Waals surface area contributed by atoms with Crippen molar-refractivity contribution in [3.8, 4) is 11.5 Å². The van der Waals surface area contributed by atoms with Crippen LogP contribution in [-0.2, 0) is 16.9 Å². The highest BCUT2D eigenvalue weighted by atomic mass is 16.6. The lowest BCUT2D eigenvalue weighted by Gasteiger charge is -2.43. The molecule has 4 rings (SSSR count). The molecule has 2 aromatic rings. The molecule has 2 aliphatic heterocycles. The van der Waals surface area contributed by atoms with Gasteiger partial charge in [-0.2, -0.15) is 0 Å². The van der Waals surface area contributed by atoms with Crippen LogP contribution in [0.4, 0.5) is 4.79 Å². The van der Waals surface area contributed by atoms with Crippen LogP contribution in [0.1, 0.15) is 36.8 Å². The Hall–Kier alpha value is -2.73. The first kappa shape index (κ1) is 19.6. The van der Waals surface area contributed by atoms with Crippen LogP contribution in [-0.4, -0.2) is 42.4 Å². The number of hydrogen-bond donors (Lipinski definition) is 1. The smallest absolute Gasteiger partial charge is 0.410 e. The van der Waals surface area contributed by atoms with Gasteiger partial charge in [-0.3, -0.25) is 0 Å². The summed E-state index contributed by atoms with van der Waals surface area (Å²) >= 11 is 0. The molecule has 0 radical (unpaired) electrons. The molecule has 0 aliphatic carbocycles. The summed E-state index contributed by atoms with van der Waals surface area (Å²) in [6, 6.07) is 15.0. The first-order chi connectivity index (χ1) is 14.0. The Labute approximate surface area is 171 Å². The lowest BCUT2D eigenvalue weighted by Crippen LogP contribution is -2.52. The fraction of sp³-hybridized carbons (Fsp3) is 0.435. The molecule has 29 heavy (non-hydrogen) atoms. The fourth-order valence-corrected chi connectivity index (χ4v) is 4.71. The molecule has 2 heterocycles. The first-order valence-electron chi connectivity index (χ1n) is 9.98. The summed E-state index contributed by atoms with van der Waals surface area (Å²) in [7, 11) is 3.20. The minimum absolute atomic E-state index is 0.0575. The third-order valence-corrected chi connectivity index (χ3v) is 6.09. The van der Waals surface area contributed by atoms with Gasteiger partial charge in [0.15, 0.2) is 0 Å². The SMILES string of the molecule is COc1ccc(OC)c(C2(O)CC3CCC(C2)N3C(=O)OCc2ccccc2)c1. The average Bonchev–Trinajstić information content (AvgIpc) is 3.04. The van der Waals surface area contributed by atoms with Crippen LogP contribution in [0.5, 0.6) is 11.5 Å². The van der Waals surface area contributed by atoms with E-state index in [1.807, 2.05) is 53.4 Å². The lowest BCUT2D eigenvalue weighted by molar-refractivity contribution is -0.0549. The summed E-state index contributed by atoms with van der Waals surface area (Å²) in [6.07, 6.45) is 2.32. The highest BCUT2D eigenvalue weighted by Gasteiger charge is 2.51. The molecule has 0 saturated carbocycles. The van der Waals surface area contributed by atoms with Crippen molar-refractivity contribution in [1.82, 2.24) is 4.90 Å². The van der Waals surface area contributed by atoms with Crippen LogP contribution in [0.2, 0.25) is 0 Å². The van der Waals surface area contributed by atoms with Crippen LogP contribution in [0.25, 0.3) is 0 Å². The van der Waals surface area contributed by atoms with Crippen LogP contribution < -0.4 is 9.47 Å². The second kappa shape index (κ2) is 7.95. The van der Waals surface area contributed by atoms with Crippen molar-refractivity contribution in [2.24, 2.45) is 0 Å². The predicted octanol–water partition coefficient (Wildman–Crippen LogP) is 3.86. The van der Waals surface area contributed by atoms with Crippen molar-refractivity contribution in [3.63, 3.8) is 0 Å². The molecule has 154 valence electrons. The van der Waals surface area contributed by atoms with E-state index >= 15 is 0 Å². The van der Waals surface area contributed by atoms with Gasteiger partial charge in [-0.1, -0.05) is 30.3 Å². The maximum Gasteiger partial charge on any atom is 0.410 e. The molecule has 6 nitrogen and oxygen atoms in total. The van der Waals surface area contributed by atoms with Crippen molar-refractivity contribution < 1.29 is 24.1 Å². The topological polar surface area (TPSA) is 68.2 Å². The molecule has 2 fully saturated rings. The van der Waals surface area contributed by atoms with Crippen molar-refractivity contribution in [1.29, 1.82) is 0 Å². The van der Waals surface area contributed by atoms with E-state index < -0.39 is 5.60 Å². The summed E-state index contributed by atoms with van der Waals surface area (Å²) in [4.78, 5) is 14.6. The summed E-state index contributed by atoms with van der Waals surface area (Å²) in [6.45, 7) is 0.254. The zero-order valence-electron chi connectivity index (χ0n) is 16.8. The van der Waals surface area contributed by atoms with Gasteiger partial charge >= 0.3 is 6.09 Å². The number of hydrogen-bond acceptors (Lipinski definition) is 5. The van der Waals surface area contributed by atoms with Gasteiger partial charge in [0, 0.05) is 30.5 Å². The molecule has 1 amide bonds. The van der Waals surface area contributed by atoms with Crippen molar-refractivity contribution >= 4 is 6.09 Å². The number of amides is 1. The van der Waals surface area contributed by atoms with Crippen LogP contribution in [0.3, 0.4) is 0 Å². The largest absolute Gasteiger partial charge is 0.497 e. The summed E-state index contributed by atoms with van der Waals surface area (Å²) in [5.74, 6) is 1.30. The number of ether oxygens (including phenoxy) is 3. The molecule has 2 aromatic carbocycles. The molecule has 2 saturated heterocycles. The van der Waals surface area contributed by atoms with Crippen LogP contribution in [0, 0.1) is 0 Å². The number of piperidine rings is 1. The molecular formula is C23H27NO5. The number of methoxy groups -OCH3 is 2. The van der Waals surface area contributed by atoms with E-state index in [-0.39, 0.29) is 24.8 Å². The van der Waals surface area contributed by atoms with Gasteiger partial charge in [0.1, 0.15) is 18.1 Å². The van der Waals surface area contributed by atoms with Gasteiger partial charge < -0.3 is 24.2 Å². The summed E-state index contributed by atoms with van der Waals surface area (Å²) in [5.41, 5.74) is 0.610. The number of benzene rings is 2. The number of carbonyl (C=O) groups is 1. The lowest BCUT2D eigenvalue weighted by atomic mass is 9.80. The number of fused-ring (bicyclic) bond motifs is 2. The van der Waals surface area contributed by atoms with E-state index in [2.05, 4.69) is 0 Å². The molecule has 2 bridgehead atoms. The Balaban J connectivity index is 1.51. The second-order valence-corrected chi connectivity index (χ2v) is 7.84. The van der Waals surface area contributed by atoms with Gasteiger partial charge in [-0.15, -0.1) is 0 Å². The van der Waals surface area contributed by atoms with E-state index in [4.69, 9.17) is 14.2 Å². The zero-order valence-corrected chi connectivity index (χ0v) is 16.8. The van der Waals surface area contributed by atoms with E-state index in [0.29, 0.717) is 29.9 Å². The number of carbonyl (C=O) groups excluding carboxylic acids is 1. The van der Waals surface area contributed by atoms with Crippen LogP contribution >= 0.6 is 0 Å². The molecule has 6 heteroatoms. The van der Waals surface area contributed by atoms with E-state index in [9.17, 15) is 9.90 Å². The third kappa shape index (κ3) is 3.77. The fourth-order valence-electron chi connectivity index (χ4n) is 4.71. The monoisotopic (exact) mass is 397 g/mol. The highest BCUT2D eigenvalue weighted by molar-refractivity contribution is 5.69. The third-order valence-electron chi connectivity index (χ3n) is 6.09. The summed E-state index contributed by atoms with van der Waals surface area (Å²) in [5, 5.41) is 11.5. The number of rotatable bonds is 5. The molecule has 0 spiro atoms. The van der Waals surface area contributed by atoms with Crippen LogP contribution in [0.15, 0.2) is 48.5 Å². The average molecular weight is 397 g/mol. The molecule has 0 aromatic heterocycles. The first-order valence-corrected chi connectivity index (χ1v) is 9.98. The molecule has 1 N–H and O–H groups in total. The quantitative estimate of drug-likeness (QED) is 0.830. The number of nitrogens with zero attached hydrogens (tertiary/aromatic N) is 1. The predicted molar refractivity (Wildman–Crippen MR) is 108 cm³/mol. The van der Waals surface area contributed by atoms with Gasteiger partial charge in [-0.25, -0.2) is 4.79 Å².